The number of hydrogen-bond acceptors (Lipinski definition) is 6. The minimum Gasteiger partial charge on any atom is -0.490 e. The van der Waals surface area contributed by atoms with Gasteiger partial charge in [-0.3, -0.25) is 4.68 Å². The van der Waals surface area contributed by atoms with Gasteiger partial charge in [0.05, 0.1) is 24.5 Å². The molecule has 0 aliphatic heterocycles. The van der Waals surface area contributed by atoms with E-state index in [1.807, 2.05) is 13.0 Å². The molecule has 1 aromatic carbocycles. The molecule has 0 saturated carbocycles. The van der Waals surface area contributed by atoms with Gasteiger partial charge in [-0.05, 0) is 31.2 Å². The molecule has 0 unspecified atom stereocenters. The van der Waals surface area contributed by atoms with Crippen LogP contribution >= 0.6 is 0 Å². The maximum atomic E-state index is 13.8. The lowest BCUT2D eigenvalue weighted by molar-refractivity contribution is 0.270. The fraction of sp³-hybridized carbons (Fsp3) is 0.238. The number of halogens is 2. The molecule has 3 aromatic heterocycles. The number of nitrogens with zero attached hydrogens (tertiary/aromatic N) is 6. The molecule has 158 valence electrons. The van der Waals surface area contributed by atoms with E-state index in [-0.39, 0.29) is 19.2 Å². The summed E-state index contributed by atoms with van der Waals surface area (Å²) in [5.74, 6) is 0.550. The summed E-state index contributed by atoms with van der Waals surface area (Å²) in [6, 6.07) is 7.56. The van der Waals surface area contributed by atoms with Gasteiger partial charge >= 0.3 is 0 Å². The Bertz CT molecular complexity index is 1240. The van der Waals surface area contributed by atoms with Gasteiger partial charge in [-0.15, -0.1) is 0 Å². The summed E-state index contributed by atoms with van der Waals surface area (Å²) in [7, 11) is 0. The molecular formula is C21H19F2N7O. The highest BCUT2D eigenvalue weighted by molar-refractivity contribution is 5.76. The van der Waals surface area contributed by atoms with Crippen molar-refractivity contribution in [3.63, 3.8) is 0 Å². The Balaban J connectivity index is 1.62. The Morgan fingerprint density at radius 1 is 1.26 bits per heavy atom. The topological polar surface area (TPSA) is 93.1 Å². The molecule has 0 fully saturated rings. The van der Waals surface area contributed by atoms with Gasteiger partial charge < -0.3 is 10.1 Å². The van der Waals surface area contributed by atoms with Crippen molar-refractivity contribution in [3.8, 4) is 22.9 Å². The Kier molecular flexibility index (Phi) is 5.75. The second-order valence-corrected chi connectivity index (χ2v) is 6.81. The quantitative estimate of drug-likeness (QED) is 0.464. The van der Waals surface area contributed by atoms with E-state index >= 15 is 0 Å². The number of hydrogen-bond donors (Lipinski definition) is 1. The van der Waals surface area contributed by atoms with Crippen LogP contribution in [-0.2, 0) is 6.54 Å². The minimum atomic E-state index is -0.633. The highest BCUT2D eigenvalue weighted by atomic mass is 19.1. The molecule has 0 aliphatic carbocycles. The highest BCUT2D eigenvalue weighted by Crippen LogP contribution is 2.29. The summed E-state index contributed by atoms with van der Waals surface area (Å²) >= 11 is 0. The van der Waals surface area contributed by atoms with E-state index < -0.39 is 12.5 Å². The molecule has 1 N–H and O–H groups in total. The summed E-state index contributed by atoms with van der Waals surface area (Å²) in [6.07, 6.45) is 6.84. The maximum Gasteiger partial charge on any atom is 0.165 e. The lowest BCUT2D eigenvalue weighted by atomic mass is 10.1. The third kappa shape index (κ3) is 4.30. The molecule has 0 saturated heterocycles. The standard InChI is InChI=1S/C21H19F2N7O/c1-14(17-10-16(23)2-3-19(17)31-9-5-22)27-20-4-7-30-21(28-20)18(12-26-30)15-11-25-29(13-15)8-6-24/h2-4,7,10-14H,5,8-9H2,1H3,(H,27,28)/t14-/m1/s1. The first-order chi connectivity index (χ1) is 15.1. The first-order valence-electron chi connectivity index (χ1n) is 9.58. The van der Waals surface area contributed by atoms with Gasteiger partial charge in [-0.25, -0.2) is 18.3 Å². The SMILES string of the molecule is C[C@@H](Nc1ccn2ncc(-c3cnn(CC#N)c3)c2n1)c1cc(F)ccc1OCCF. The van der Waals surface area contributed by atoms with Crippen LogP contribution < -0.4 is 10.1 Å². The zero-order chi connectivity index (χ0) is 21.8. The number of fused-ring (bicyclic) bond motifs is 1. The smallest absolute Gasteiger partial charge is 0.165 e. The lowest BCUT2D eigenvalue weighted by Gasteiger charge is -2.19. The average Bonchev–Trinajstić information content (AvgIpc) is 3.39. The van der Waals surface area contributed by atoms with Gasteiger partial charge in [0, 0.05) is 29.1 Å². The molecule has 31 heavy (non-hydrogen) atoms. The summed E-state index contributed by atoms with van der Waals surface area (Å²) in [5.41, 5.74) is 2.71. The Labute approximate surface area is 176 Å². The Hall–Kier alpha value is -4.00. The molecule has 0 amide bonds. The first kappa shape index (κ1) is 20.3. The van der Waals surface area contributed by atoms with E-state index in [9.17, 15) is 8.78 Å². The van der Waals surface area contributed by atoms with E-state index in [0.717, 1.165) is 11.1 Å². The number of aromatic nitrogens is 5. The largest absolute Gasteiger partial charge is 0.490 e. The van der Waals surface area contributed by atoms with Crippen molar-refractivity contribution < 1.29 is 13.5 Å². The number of nitriles is 1. The van der Waals surface area contributed by atoms with Gasteiger partial charge in [0.2, 0.25) is 0 Å². The molecule has 0 radical (unpaired) electrons. The normalized spacial score (nSPS) is 11.9. The third-order valence-electron chi connectivity index (χ3n) is 4.68. The van der Waals surface area contributed by atoms with E-state index in [2.05, 4.69) is 20.5 Å². The second kappa shape index (κ2) is 8.79. The lowest BCUT2D eigenvalue weighted by Crippen LogP contribution is -2.11. The van der Waals surface area contributed by atoms with Crippen molar-refractivity contribution in [1.29, 1.82) is 5.26 Å². The first-order valence-corrected chi connectivity index (χ1v) is 9.58. The molecule has 4 rings (SSSR count). The highest BCUT2D eigenvalue weighted by Gasteiger charge is 2.16. The van der Waals surface area contributed by atoms with Crippen LogP contribution in [0.5, 0.6) is 5.75 Å². The molecule has 4 aromatic rings. The molecule has 0 spiro atoms. The number of alkyl halides is 1. The van der Waals surface area contributed by atoms with Crippen LogP contribution in [0, 0.1) is 17.1 Å². The van der Waals surface area contributed by atoms with Crippen molar-refractivity contribution in [2.75, 3.05) is 18.6 Å². The summed E-state index contributed by atoms with van der Waals surface area (Å²) in [6.45, 7) is 1.25. The number of ether oxygens (including phenoxy) is 1. The van der Waals surface area contributed by atoms with Crippen LogP contribution in [0.15, 0.2) is 49.1 Å². The monoisotopic (exact) mass is 423 g/mol. The number of rotatable bonds is 8. The Morgan fingerprint density at radius 3 is 2.94 bits per heavy atom. The number of anilines is 1. The van der Waals surface area contributed by atoms with Crippen LogP contribution in [0.1, 0.15) is 18.5 Å². The fourth-order valence-corrected chi connectivity index (χ4v) is 3.25. The Morgan fingerprint density at radius 2 is 2.13 bits per heavy atom. The van der Waals surface area contributed by atoms with E-state index in [1.54, 1.807) is 35.4 Å². The molecule has 10 heteroatoms. The number of nitrogens with one attached hydrogen (secondary N) is 1. The van der Waals surface area contributed by atoms with Crippen molar-refractivity contribution in [1.82, 2.24) is 24.4 Å². The zero-order valence-corrected chi connectivity index (χ0v) is 16.7. The van der Waals surface area contributed by atoms with Gasteiger partial charge in [0.15, 0.2) is 5.65 Å². The molecule has 1 atom stereocenters. The molecule has 8 nitrogen and oxygen atoms in total. The van der Waals surface area contributed by atoms with Crippen molar-refractivity contribution in [2.45, 2.75) is 19.5 Å². The summed E-state index contributed by atoms with van der Waals surface area (Å²) in [5, 5.41) is 20.5. The van der Waals surface area contributed by atoms with E-state index in [4.69, 9.17) is 10.00 Å². The summed E-state index contributed by atoms with van der Waals surface area (Å²) in [4.78, 5) is 4.64. The van der Waals surface area contributed by atoms with Crippen molar-refractivity contribution in [2.24, 2.45) is 0 Å². The minimum absolute atomic E-state index is 0.103. The van der Waals surface area contributed by atoms with Crippen molar-refractivity contribution in [3.05, 3.63) is 60.4 Å². The molecular weight excluding hydrogens is 404 g/mol. The maximum absolute atomic E-state index is 13.8. The second-order valence-electron chi connectivity index (χ2n) is 6.81. The van der Waals surface area contributed by atoms with Crippen LogP contribution in [0.4, 0.5) is 14.6 Å². The molecule has 3 heterocycles. The van der Waals surface area contributed by atoms with Gasteiger partial charge in [-0.2, -0.15) is 15.5 Å². The van der Waals surface area contributed by atoms with Gasteiger partial charge in [-0.1, -0.05) is 0 Å². The van der Waals surface area contributed by atoms with Gasteiger partial charge in [0.1, 0.15) is 37.2 Å². The number of benzene rings is 1. The average molecular weight is 423 g/mol. The van der Waals surface area contributed by atoms with E-state index in [0.29, 0.717) is 22.8 Å². The van der Waals surface area contributed by atoms with E-state index in [1.165, 1.54) is 22.9 Å². The third-order valence-corrected chi connectivity index (χ3v) is 4.68. The zero-order valence-electron chi connectivity index (χ0n) is 16.7. The van der Waals surface area contributed by atoms with Crippen molar-refractivity contribution >= 4 is 11.5 Å². The van der Waals surface area contributed by atoms with Crippen LogP contribution in [-0.4, -0.2) is 37.7 Å². The molecule has 0 bridgehead atoms. The van der Waals surface area contributed by atoms with Crippen LogP contribution in [0.25, 0.3) is 16.8 Å². The predicted octanol–water partition coefficient (Wildman–Crippen LogP) is 3.78. The predicted molar refractivity (Wildman–Crippen MR) is 110 cm³/mol. The summed E-state index contributed by atoms with van der Waals surface area (Å²) < 4.78 is 34.9. The fourth-order valence-electron chi connectivity index (χ4n) is 3.25. The van der Waals surface area contributed by atoms with Crippen LogP contribution in [0.2, 0.25) is 0 Å². The van der Waals surface area contributed by atoms with Gasteiger partial charge in [0.25, 0.3) is 0 Å². The molecule has 0 aliphatic rings. The van der Waals surface area contributed by atoms with Crippen LogP contribution in [0.3, 0.4) is 0 Å².